The second kappa shape index (κ2) is 49.4. The van der Waals surface area contributed by atoms with Crippen LogP contribution in [0.15, 0.2) is 0 Å². The molecule has 55 atom stereocenters. The highest BCUT2D eigenvalue weighted by atomic mass is 16.8. The second-order valence-electron chi connectivity index (χ2n) is 35.3. The lowest BCUT2D eigenvalue weighted by Gasteiger charge is -2.52. The van der Waals surface area contributed by atoms with Crippen molar-refractivity contribution in [3.05, 3.63) is 0 Å². The van der Waals surface area contributed by atoms with Crippen molar-refractivity contribution in [1.82, 2.24) is 31.9 Å². The van der Waals surface area contributed by atoms with Gasteiger partial charge in [0.05, 0.1) is 71.7 Å². The van der Waals surface area contributed by atoms with Gasteiger partial charge >= 0.3 is 0 Å². The molecule has 796 valence electrons. The fourth-order valence-electron chi connectivity index (χ4n) is 18.0. The minimum absolute atomic E-state index is 0.824. The van der Waals surface area contributed by atoms with Gasteiger partial charge in [0, 0.05) is 41.5 Å². The van der Waals surface area contributed by atoms with Crippen LogP contribution in [0.1, 0.15) is 55.4 Å². The summed E-state index contributed by atoms with van der Waals surface area (Å²) in [5, 5.41) is 321. The van der Waals surface area contributed by atoms with Crippen molar-refractivity contribution in [3.63, 3.8) is 0 Å². The first-order valence-corrected chi connectivity index (χ1v) is 44.3. The molecule has 11 aliphatic heterocycles. The van der Waals surface area contributed by atoms with E-state index in [9.17, 15) is 167 Å². The first-order chi connectivity index (χ1) is 65.1. The van der Waals surface area contributed by atoms with E-state index in [1.54, 1.807) is 0 Å². The Morgan fingerprint density at radius 2 is 0.471 bits per heavy atom. The Labute approximate surface area is 783 Å². The van der Waals surface area contributed by atoms with E-state index in [2.05, 4.69) is 31.9 Å². The average molecular weight is 2020 g/mol. The van der Waals surface area contributed by atoms with Gasteiger partial charge in [-0.3, -0.25) is 28.8 Å². The Kier molecular flexibility index (Phi) is 40.5. The fraction of sp³-hybridized carbons (Fsp3) is 0.923. The van der Waals surface area contributed by atoms with Gasteiger partial charge in [-0.2, -0.15) is 0 Å². The number of carbonyl (C=O) groups is 6. The number of hydrogen-bond donors (Lipinski definition) is 33. The van der Waals surface area contributed by atoms with Crippen LogP contribution < -0.4 is 31.9 Å². The van der Waals surface area contributed by atoms with Gasteiger partial charge in [0.25, 0.3) is 0 Å². The second-order valence-corrected chi connectivity index (χ2v) is 35.3. The summed E-state index contributed by atoms with van der Waals surface area (Å²) in [4.78, 5) is 78.0. The monoisotopic (exact) mass is 2010 g/mol. The SMILES string of the molecule is CC(=O)N[C@@H]1[C@H](O[C@@H]2[C@@H](O[C@@H]3[C@H](O)[C@H](O[C@H]4[C@H](O)[C@@H](NC(C)=O)[C@H](O[C@H]5[C@H](O)[C@@H](NC(C)=O)[C@H](O)O[C@@H]5CO[C@@H]5O[C@@H](C)[C@@H](O)[C@@H](O)[C@@H]5O)O[C@@H]4CO)O[C@H](CO[C@H]4O[C@H](CO)[C@@H](O)[C@H](O)[C@@H]4O[C@@H]4O[C@H](CO)[C@@H](O[C@@H]5O[C@H](CO)[C@H](O)[C@H](O)[C@H]5NC(C)=O)[C@H](O)[C@H]4NC(C)=O)[C@H]3O)O[C@H](CO)[C@@H](O)[C@@H]2O)O[C@H](CO)[C@@H](O[C@@H]2O[C@H](CO)[C@H](O)[C@H](O)[C@H]2NC(C)=O)[C@@H]1O[C@@H]1O[C@@H](C)[C@@H](O)[C@@H](O)[C@@H]1O. The lowest BCUT2D eigenvalue weighted by atomic mass is 9.93. The van der Waals surface area contributed by atoms with E-state index in [0.717, 1.165) is 41.5 Å². The molecule has 11 saturated heterocycles. The first-order valence-electron chi connectivity index (χ1n) is 44.3. The van der Waals surface area contributed by atoms with Crippen molar-refractivity contribution >= 4 is 35.4 Å². The lowest BCUT2D eigenvalue weighted by molar-refractivity contribution is -0.402. The fourth-order valence-corrected chi connectivity index (χ4v) is 18.0. The van der Waals surface area contributed by atoms with Crippen molar-refractivity contribution in [1.29, 1.82) is 0 Å². The molecule has 0 aromatic heterocycles. The quantitative estimate of drug-likeness (QED) is 0.0280. The van der Waals surface area contributed by atoms with E-state index >= 15 is 0 Å². The third kappa shape index (κ3) is 25.4. The topological polar surface area (TPSA) is 915 Å². The highest BCUT2D eigenvalue weighted by molar-refractivity contribution is 5.75. The predicted molar refractivity (Wildman–Crippen MR) is 429 cm³/mol. The molecule has 0 spiro atoms. The van der Waals surface area contributed by atoms with Gasteiger partial charge in [0.1, 0.15) is 256 Å². The summed E-state index contributed by atoms with van der Waals surface area (Å²) in [6.07, 6.45) is -103. The van der Waals surface area contributed by atoms with Crippen LogP contribution in [0.2, 0.25) is 0 Å². The summed E-state index contributed by atoms with van der Waals surface area (Å²) in [7, 11) is 0. The number of nitrogens with one attached hydrogen (secondary N) is 6. The number of aliphatic hydroxyl groups excluding tert-OH is 27. The summed E-state index contributed by atoms with van der Waals surface area (Å²) in [5.74, 6) is -5.62. The van der Waals surface area contributed by atoms with Crippen molar-refractivity contribution in [2.75, 3.05) is 59.5 Å². The molecule has 0 saturated carbocycles. The van der Waals surface area contributed by atoms with E-state index in [4.69, 9.17) is 99.5 Å². The van der Waals surface area contributed by atoms with Crippen LogP contribution in [0.3, 0.4) is 0 Å². The van der Waals surface area contributed by atoms with E-state index in [0.29, 0.717) is 0 Å². The van der Waals surface area contributed by atoms with Crippen molar-refractivity contribution < 1.29 is 266 Å². The average Bonchev–Trinajstić information content (AvgIpc) is 0.764. The highest BCUT2D eigenvalue weighted by Gasteiger charge is 2.63. The maximum Gasteiger partial charge on any atom is 0.217 e. The maximum absolute atomic E-state index is 13.7. The molecule has 11 fully saturated rings. The molecule has 0 aromatic carbocycles. The van der Waals surface area contributed by atoms with Crippen molar-refractivity contribution in [2.24, 2.45) is 0 Å². The summed E-state index contributed by atoms with van der Waals surface area (Å²) in [6, 6.07) is -11.4. The van der Waals surface area contributed by atoms with E-state index in [1.165, 1.54) is 13.8 Å². The zero-order chi connectivity index (χ0) is 102. The summed E-state index contributed by atoms with van der Waals surface area (Å²) >= 11 is 0. The molecular formula is C78H130N6O54. The maximum atomic E-state index is 13.7. The Morgan fingerprint density at radius 3 is 0.891 bits per heavy atom. The molecule has 0 unspecified atom stereocenters. The predicted octanol–water partition coefficient (Wildman–Crippen LogP) is -22.1. The number of ether oxygens (including phenoxy) is 21. The molecule has 11 heterocycles. The third-order valence-corrected chi connectivity index (χ3v) is 25.3. The normalized spacial score (nSPS) is 48.6. The van der Waals surface area contributed by atoms with E-state index in [1.807, 2.05) is 0 Å². The summed E-state index contributed by atoms with van der Waals surface area (Å²) in [5.41, 5.74) is 0. The minimum Gasteiger partial charge on any atom is -0.394 e. The lowest BCUT2D eigenvalue weighted by Crippen LogP contribution is -2.72. The molecule has 60 nitrogen and oxygen atoms in total. The van der Waals surface area contributed by atoms with Gasteiger partial charge in [0.2, 0.25) is 35.4 Å². The number of amides is 6. The van der Waals surface area contributed by atoms with Crippen molar-refractivity contribution in [3.8, 4) is 0 Å². The number of aliphatic hydroxyl groups is 27. The first kappa shape index (κ1) is 113. The molecule has 60 heteroatoms. The Balaban J connectivity index is 0.962. The van der Waals surface area contributed by atoms with Gasteiger partial charge < -0.3 is 269 Å². The molecule has 33 N–H and O–H groups in total. The number of rotatable bonds is 35. The minimum atomic E-state index is -2.71. The van der Waals surface area contributed by atoms with Gasteiger partial charge in [0.15, 0.2) is 69.2 Å². The zero-order valence-corrected chi connectivity index (χ0v) is 75.2. The third-order valence-electron chi connectivity index (χ3n) is 25.3. The molecule has 138 heavy (non-hydrogen) atoms. The summed E-state index contributed by atoms with van der Waals surface area (Å²) in [6.45, 7) is -2.15. The highest BCUT2D eigenvalue weighted by Crippen LogP contribution is 2.42. The molecule has 11 aliphatic rings. The molecule has 0 aliphatic carbocycles. The molecule has 0 radical (unpaired) electrons. The molecular weight excluding hydrogens is 1880 g/mol. The molecule has 0 bridgehead atoms. The van der Waals surface area contributed by atoms with Crippen LogP contribution in [-0.2, 0) is 128 Å². The zero-order valence-electron chi connectivity index (χ0n) is 75.2. The van der Waals surface area contributed by atoms with Crippen LogP contribution >= 0.6 is 0 Å². The largest absolute Gasteiger partial charge is 0.394 e. The van der Waals surface area contributed by atoms with Gasteiger partial charge in [-0.05, 0) is 13.8 Å². The van der Waals surface area contributed by atoms with Gasteiger partial charge in [-0.25, -0.2) is 0 Å². The van der Waals surface area contributed by atoms with Crippen LogP contribution in [0, 0.1) is 0 Å². The number of carbonyl (C=O) groups excluding carboxylic acids is 6. The van der Waals surface area contributed by atoms with E-state index in [-0.39, 0.29) is 0 Å². The van der Waals surface area contributed by atoms with Gasteiger partial charge in [-0.15, -0.1) is 0 Å². The van der Waals surface area contributed by atoms with Crippen molar-refractivity contribution in [2.45, 2.75) is 393 Å². The van der Waals surface area contributed by atoms with Crippen LogP contribution in [0.25, 0.3) is 0 Å². The number of hydrogen-bond acceptors (Lipinski definition) is 54. The smallest absolute Gasteiger partial charge is 0.217 e. The van der Waals surface area contributed by atoms with Crippen LogP contribution in [0.4, 0.5) is 0 Å². The van der Waals surface area contributed by atoms with Crippen LogP contribution in [0.5, 0.6) is 0 Å². The Hall–Kier alpha value is -5.10. The molecule has 0 aromatic rings. The summed E-state index contributed by atoms with van der Waals surface area (Å²) < 4.78 is 128. The molecule has 6 amide bonds. The Morgan fingerprint density at radius 1 is 0.203 bits per heavy atom. The Bertz CT molecular complexity index is 3880. The standard InChI is InChI=1S/C78H130N6O54/c1-18-41(98)53(110)57(114)74(120-18)118-17-34-62(50(107)35(68(117)122-34)79-20(3)92)132-71-38(82-23(6)95)52(109)61(31(14-90)127-71)133-76-59(116)65(47(104)33(130-76)16-119-77-66(55(112)45(102)28(11-87)125-77)137-72-39(83-24(7)96)51(108)60(30(13-89)128-72)131-69-36(80-21(4)93)48(105)43(100)26(9-85)123-69)136-78-67(56(113)46(103)29(12-88)126-78)138-73-40(84-25(8)97)64(135-75-58(115)54(111)42(99)19(2)121-75)63(32(15-91)129-73)134-70-37(81-22(5)94)49(106)44(101)27(10-86)124-70/h18-19,26-78,85-91,98-117H,9-17H2,1-8H3,(H,79,92)(H,80,93)(H,81,94)(H,82,95)(H,83,96)(H,84,97)/t18-,19-,26+,27+,28+,29+,30+,31+,32+,33+,34+,35+,36+,37+,38+,39+,40-,41+,42+,43-,44-,45+,46+,47+,48+,49+,50+,51+,52+,53+,54+,55-,56-,57-,58-,59-,60+,61+,62+,63+,64+,65-,66-,67-,68+,69-,70-,71-,72-,73-,74+,75-,76-,77-,78+/m0/s1. The van der Waals surface area contributed by atoms with Crippen LogP contribution in [-0.4, -0.2) is 570 Å². The molecule has 11 rings (SSSR count). The van der Waals surface area contributed by atoms with Gasteiger partial charge in [-0.1, -0.05) is 0 Å². The van der Waals surface area contributed by atoms with E-state index < -0.39 is 432 Å².